The molecule has 0 N–H and O–H groups in total. The molecule has 2 aromatic rings. The van der Waals surface area contributed by atoms with E-state index in [9.17, 15) is 4.79 Å². The van der Waals surface area contributed by atoms with Gasteiger partial charge in [-0.05, 0) is 39.3 Å². The maximum Gasteiger partial charge on any atom is 0.281 e. The molecule has 0 bridgehead atoms. The molecule has 2 rings (SSSR count). The third kappa shape index (κ3) is 2.78. The summed E-state index contributed by atoms with van der Waals surface area (Å²) >= 11 is 1.60. The van der Waals surface area contributed by atoms with Crippen molar-refractivity contribution < 1.29 is 0 Å². The van der Waals surface area contributed by atoms with Crippen molar-refractivity contribution >= 4 is 26.6 Å². The maximum absolute atomic E-state index is 12.1. The number of anilines is 1. The fourth-order valence-electron chi connectivity index (χ4n) is 2.23. The second-order valence-electron chi connectivity index (χ2n) is 5.06. The molecule has 0 fully saturated rings. The molecule has 0 amide bonds. The van der Waals surface area contributed by atoms with Gasteiger partial charge in [0.2, 0.25) is 0 Å². The highest BCUT2D eigenvalue weighted by molar-refractivity contribution is 7.21. The van der Waals surface area contributed by atoms with E-state index in [1.165, 1.54) is 0 Å². The zero-order valence-electron chi connectivity index (χ0n) is 11.9. The van der Waals surface area contributed by atoms with Gasteiger partial charge in [-0.1, -0.05) is 30.4 Å². The summed E-state index contributed by atoms with van der Waals surface area (Å²) < 4.78 is 1.01. The third-order valence-corrected chi connectivity index (χ3v) is 4.42. The van der Waals surface area contributed by atoms with E-state index in [4.69, 9.17) is 0 Å². The van der Waals surface area contributed by atoms with Gasteiger partial charge in [0.05, 0.1) is 5.39 Å². The van der Waals surface area contributed by atoms with Crippen LogP contribution >= 0.6 is 11.3 Å². The molecule has 0 saturated carbocycles. The van der Waals surface area contributed by atoms with Crippen molar-refractivity contribution in [2.75, 3.05) is 4.90 Å². The lowest BCUT2D eigenvalue weighted by Gasteiger charge is -2.32. The molecule has 19 heavy (non-hydrogen) atoms. The summed E-state index contributed by atoms with van der Waals surface area (Å²) in [5, 5.41) is 1.54. The van der Waals surface area contributed by atoms with Crippen molar-refractivity contribution in [1.82, 2.24) is 4.98 Å². The SMILES string of the molecule is CCC(C)N(c1nc(=O)c2ccccc2s1)C(C)C. The summed E-state index contributed by atoms with van der Waals surface area (Å²) in [7, 11) is 0. The van der Waals surface area contributed by atoms with Crippen LogP contribution in [0.2, 0.25) is 0 Å². The average Bonchev–Trinajstić information content (AvgIpc) is 2.38. The van der Waals surface area contributed by atoms with Crippen LogP contribution in [0, 0.1) is 0 Å². The molecular formula is C15H20N2OS. The maximum atomic E-state index is 12.1. The van der Waals surface area contributed by atoms with E-state index in [2.05, 4.69) is 37.6 Å². The molecule has 1 aromatic carbocycles. The van der Waals surface area contributed by atoms with Gasteiger partial charge in [-0.2, -0.15) is 4.98 Å². The standard InChI is InChI=1S/C15H20N2OS/c1-5-11(4)17(10(2)3)15-16-14(18)12-8-6-7-9-13(12)19-15/h6-11H,5H2,1-4H3. The van der Waals surface area contributed by atoms with Crippen LogP contribution in [0.15, 0.2) is 29.1 Å². The summed E-state index contributed by atoms with van der Waals surface area (Å²) in [5.74, 6) is 0. The highest BCUT2D eigenvalue weighted by atomic mass is 32.1. The highest BCUT2D eigenvalue weighted by Gasteiger charge is 2.19. The summed E-state index contributed by atoms with van der Waals surface area (Å²) in [6.45, 7) is 8.61. The summed E-state index contributed by atoms with van der Waals surface area (Å²) in [6.07, 6.45) is 1.04. The molecule has 1 unspecified atom stereocenters. The van der Waals surface area contributed by atoms with Gasteiger partial charge in [0.1, 0.15) is 0 Å². The lowest BCUT2D eigenvalue weighted by Crippen LogP contribution is -2.39. The number of aromatic nitrogens is 1. The normalized spacial score (nSPS) is 12.9. The molecule has 1 heterocycles. The fourth-order valence-corrected chi connectivity index (χ4v) is 3.46. The van der Waals surface area contributed by atoms with E-state index in [0.29, 0.717) is 17.5 Å². The van der Waals surface area contributed by atoms with Gasteiger partial charge in [0.25, 0.3) is 5.56 Å². The molecule has 0 spiro atoms. The number of fused-ring (bicyclic) bond motifs is 1. The number of benzene rings is 1. The number of hydrogen-bond acceptors (Lipinski definition) is 4. The van der Waals surface area contributed by atoms with Crippen molar-refractivity contribution in [2.24, 2.45) is 0 Å². The summed E-state index contributed by atoms with van der Waals surface area (Å²) in [4.78, 5) is 18.6. The largest absolute Gasteiger partial charge is 0.343 e. The van der Waals surface area contributed by atoms with Crippen molar-refractivity contribution in [3.05, 3.63) is 34.6 Å². The molecule has 3 nitrogen and oxygen atoms in total. The van der Waals surface area contributed by atoms with Gasteiger partial charge >= 0.3 is 0 Å². The topological polar surface area (TPSA) is 33.2 Å². The Morgan fingerprint density at radius 2 is 1.95 bits per heavy atom. The third-order valence-electron chi connectivity index (χ3n) is 3.36. The number of hydrogen-bond donors (Lipinski definition) is 0. The lowest BCUT2D eigenvalue weighted by molar-refractivity contribution is 0.559. The van der Waals surface area contributed by atoms with Crippen molar-refractivity contribution in [3.8, 4) is 0 Å². The minimum Gasteiger partial charge on any atom is -0.343 e. The van der Waals surface area contributed by atoms with E-state index in [0.717, 1.165) is 16.3 Å². The molecule has 1 aromatic heterocycles. The van der Waals surface area contributed by atoms with Crippen LogP contribution in [0.4, 0.5) is 5.13 Å². The Morgan fingerprint density at radius 3 is 2.58 bits per heavy atom. The van der Waals surface area contributed by atoms with Crippen LogP contribution in [0.3, 0.4) is 0 Å². The molecule has 1 atom stereocenters. The molecular weight excluding hydrogens is 256 g/mol. The van der Waals surface area contributed by atoms with Gasteiger partial charge in [-0.25, -0.2) is 0 Å². The first-order valence-corrected chi connectivity index (χ1v) is 7.54. The molecule has 0 aliphatic rings. The molecule has 4 heteroatoms. The summed E-state index contributed by atoms with van der Waals surface area (Å²) in [5.41, 5.74) is -0.127. The molecule has 0 radical (unpaired) electrons. The predicted molar refractivity (Wildman–Crippen MR) is 83.3 cm³/mol. The van der Waals surface area contributed by atoms with Crippen LogP contribution in [-0.2, 0) is 0 Å². The van der Waals surface area contributed by atoms with E-state index >= 15 is 0 Å². The zero-order chi connectivity index (χ0) is 14.0. The second kappa shape index (κ2) is 5.70. The summed E-state index contributed by atoms with van der Waals surface area (Å²) in [6, 6.07) is 8.39. The Morgan fingerprint density at radius 1 is 1.26 bits per heavy atom. The van der Waals surface area contributed by atoms with Gasteiger partial charge in [0, 0.05) is 16.8 Å². The molecule has 0 aliphatic carbocycles. The first-order chi connectivity index (χ1) is 9.04. The van der Waals surface area contributed by atoms with E-state index in [-0.39, 0.29) is 5.56 Å². The first kappa shape index (κ1) is 14.0. The number of nitrogens with zero attached hydrogens (tertiary/aromatic N) is 2. The Kier molecular flexibility index (Phi) is 4.20. The lowest BCUT2D eigenvalue weighted by atomic mass is 10.2. The van der Waals surface area contributed by atoms with Gasteiger partial charge in [-0.3, -0.25) is 4.79 Å². The monoisotopic (exact) mass is 276 g/mol. The minimum absolute atomic E-state index is 0.127. The quantitative estimate of drug-likeness (QED) is 0.854. The second-order valence-corrected chi connectivity index (χ2v) is 6.07. The van der Waals surface area contributed by atoms with Crippen molar-refractivity contribution in [3.63, 3.8) is 0 Å². The molecule has 0 saturated heterocycles. The Labute approximate surface area is 117 Å². The van der Waals surface area contributed by atoms with E-state index in [1.54, 1.807) is 11.3 Å². The van der Waals surface area contributed by atoms with Gasteiger partial charge in [0.15, 0.2) is 5.13 Å². The van der Waals surface area contributed by atoms with Crippen LogP contribution in [-0.4, -0.2) is 17.1 Å². The number of rotatable bonds is 4. The first-order valence-electron chi connectivity index (χ1n) is 6.72. The minimum atomic E-state index is -0.127. The van der Waals surface area contributed by atoms with E-state index < -0.39 is 0 Å². The smallest absolute Gasteiger partial charge is 0.281 e. The zero-order valence-corrected chi connectivity index (χ0v) is 12.7. The fraction of sp³-hybridized carbons (Fsp3) is 0.467. The van der Waals surface area contributed by atoms with Crippen LogP contribution in [0.1, 0.15) is 34.1 Å². The highest BCUT2D eigenvalue weighted by Crippen LogP contribution is 2.27. The van der Waals surface area contributed by atoms with Crippen LogP contribution in [0.25, 0.3) is 10.1 Å². The van der Waals surface area contributed by atoms with Gasteiger partial charge < -0.3 is 4.90 Å². The Bertz CT molecular complexity index is 621. The van der Waals surface area contributed by atoms with Gasteiger partial charge in [-0.15, -0.1) is 0 Å². The van der Waals surface area contributed by atoms with Crippen molar-refractivity contribution in [1.29, 1.82) is 0 Å². The van der Waals surface area contributed by atoms with Crippen LogP contribution < -0.4 is 10.5 Å². The average molecular weight is 276 g/mol. The van der Waals surface area contributed by atoms with Crippen LogP contribution in [0.5, 0.6) is 0 Å². The van der Waals surface area contributed by atoms with Crippen molar-refractivity contribution in [2.45, 2.75) is 46.2 Å². The molecule has 0 aliphatic heterocycles. The predicted octanol–water partition coefficient (Wildman–Crippen LogP) is 3.67. The Hall–Kier alpha value is -1.42. The Balaban J connectivity index is 2.58. The van der Waals surface area contributed by atoms with E-state index in [1.807, 2.05) is 24.3 Å². The molecule has 102 valence electrons.